The van der Waals surface area contributed by atoms with Crippen LogP contribution in [0.4, 0.5) is 0 Å². The van der Waals surface area contributed by atoms with Crippen LogP contribution in [-0.2, 0) is 4.74 Å². The van der Waals surface area contributed by atoms with Crippen molar-refractivity contribution in [2.24, 2.45) is 0 Å². The maximum absolute atomic E-state index is 5.16. The summed E-state index contributed by atoms with van der Waals surface area (Å²) in [6.45, 7) is 8.48. The lowest BCUT2D eigenvalue weighted by Gasteiger charge is -2.40. The Morgan fingerprint density at radius 1 is 1.17 bits per heavy atom. The van der Waals surface area contributed by atoms with E-state index in [0.29, 0.717) is 0 Å². The molecule has 0 amide bonds. The number of ether oxygens (including phenoxy) is 1. The maximum atomic E-state index is 5.16. The minimum atomic E-state index is 0.924. The molecule has 2 nitrogen and oxygen atoms in total. The summed E-state index contributed by atoms with van der Waals surface area (Å²) in [5, 5.41) is 0. The van der Waals surface area contributed by atoms with E-state index in [1.807, 2.05) is 0 Å². The largest absolute Gasteiger partial charge is 0.379 e. The summed E-state index contributed by atoms with van der Waals surface area (Å²) in [6.07, 6.45) is 4.27. The quantitative estimate of drug-likeness (QED) is 0.586. The number of nitrogens with zero attached hydrogens (tertiary/aromatic N) is 1. The fourth-order valence-corrected chi connectivity index (χ4v) is 2.17. The van der Waals surface area contributed by atoms with Gasteiger partial charge in [-0.2, -0.15) is 0 Å². The van der Waals surface area contributed by atoms with Crippen LogP contribution in [0.1, 0.15) is 26.2 Å². The minimum Gasteiger partial charge on any atom is -0.379 e. The SMILES string of the molecule is CC[N+]1(CCOC)CCCCC1. The zero-order chi connectivity index (χ0) is 8.86. The molecule has 1 aliphatic rings. The summed E-state index contributed by atoms with van der Waals surface area (Å²) in [5.41, 5.74) is 0. The first kappa shape index (κ1) is 10.0. The van der Waals surface area contributed by atoms with Crippen molar-refractivity contribution in [2.75, 3.05) is 39.9 Å². The van der Waals surface area contributed by atoms with Gasteiger partial charge in [0.25, 0.3) is 0 Å². The van der Waals surface area contributed by atoms with Crippen LogP contribution in [0.15, 0.2) is 0 Å². The van der Waals surface area contributed by atoms with Gasteiger partial charge >= 0.3 is 0 Å². The van der Waals surface area contributed by atoms with Crippen molar-refractivity contribution in [1.29, 1.82) is 0 Å². The van der Waals surface area contributed by atoms with Gasteiger partial charge in [-0.15, -0.1) is 0 Å². The van der Waals surface area contributed by atoms with Gasteiger partial charge in [-0.3, -0.25) is 0 Å². The molecule has 0 spiro atoms. The normalized spacial score (nSPS) is 22.5. The number of hydrogen-bond donors (Lipinski definition) is 0. The summed E-state index contributed by atoms with van der Waals surface area (Å²) >= 11 is 0. The fraction of sp³-hybridized carbons (Fsp3) is 1.00. The number of likely N-dealkylation sites (N-methyl/N-ethyl adjacent to an activating group) is 1. The van der Waals surface area contributed by atoms with Crippen molar-refractivity contribution in [2.45, 2.75) is 26.2 Å². The van der Waals surface area contributed by atoms with E-state index in [4.69, 9.17) is 4.74 Å². The Labute approximate surface area is 76.1 Å². The Bertz CT molecular complexity index is 119. The molecular weight excluding hydrogens is 150 g/mol. The Balaban J connectivity index is 2.37. The molecule has 0 unspecified atom stereocenters. The van der Waals surface area contributed by atoms with Gasteiger partial charge in [-0.25, -0.2) is 0 Å². The predicted molar refractivity (Wildman–Crippen MR) is 51.1 cm³/mol. The first-order valence-electron chi connectivity index (χ1n) is 5.17. The van der Waals surface area contributed by atoms with E-state index in [-0.39, 0.29) is 0 Å². The molecule has 0 aromatic rings. The van der Waals surface area contributed by atoms with Gasteiger partial charge in [-0.05, 0) is 26.2 Å². The standard InChI is InChI=1S/C10H22NO/c1-3-11(9-10-12-2)7-5-4-6-8-11/h3-10H2,1-2H3/q+1. The van der Waals surface area contributed by atoms with Crippen LogP contribution in [0.3, 0.4) is 0 Å². The van der Waals surface area contributed by atoms with E-state index >= 15 is 0 Å². The zero-order valence-electron chi connectivity index (χ0n) is 8.51. The number of likely N-dealkylation sites (tertiary alicyclic amines) is 1. The number of rotatable bonds is 4. The van der Waals surface area contributed by atoms with E-state index in [1.54, 1.807) is 7.11 Å². The Hall–Kier alpha value is -0.0800. The van der Waals surface area contributed by atoms with Crippen molar-refractivity contribution in [1.82, 2.24) is 0 Å². The van der Waals surface area contributed by atoms with Gasteiger partial charge in [-0.1, -0.05) is 0 Å². The highest BCUT2D eigenvalue weighted by molar-refractivity contribution is 4.53. The number of quaternary nitrogens is 1. The summed E-state index contributed by atoms with van der Waals surface area (Å²) in [6, 6.07) is 0. The smallest absolute Gasteiger partial charge is 0.102 e. The lowest BCUT2D eigenvalue weighted by Crippen LogP contribution is -2.52. The average Bonchev–Trinajstić information content (AvgIpc) is 2.16. The molecule has 1 heterocycles. The number of methoxy groups -OCH3 is 1. The van der Waals surface area contributed by atoms with Crippen molar-refractivity contribution < 1.29 is 9.22 Å². The first-order chi connectivity index (χ1) is 5.83. The molecule has 0 aromatic carbocycles. The third kappa shape index (κ3) is 2.46. The number of hydrogen-bond acceptors (Lipinski definition) is 1. The third-order valence-corrected chi connectivity index (χ3v) is 3.21. The molecule has 0 radical (unpaired) electrons. The van der Waals surface area contributed by atoms with Crippen LogP contribution >= 0.6 is 0 Å². The van der Waals surface area contributed by atoms with Crippen LogP contribution in [0, 0.1) is 0 Å². The molecule has 0 atom stereocenters. The molecule has 1 rings (SSSR count). The minimum absolute atomic E-state index is 0.924. The average molecular weight is 172 g/mol. The van der Waals surface area contributed by atoms with Crippen LogP contribution in [-0.4, -0.2) is 44.4 Å². The van der Waals surface area contributed by atoms with Crippen molar-refractivity contribution >= 4 is 0 Å². The molecule has 2 heteroatoms. The van der Waals surface area contributed by atoms with Gasteiger partial charge < -0.3 is 9.22 Å². The van der Waals surface area contributed by atoms with Crippen molar-refractivity contribution in [3.05, 3.63) is 0 Å². The van der Waals surface area contributed by atoms with Gasteiger partial charge in [0.1, 0.15) is 6.54 Å². The molecule has 0 saturated carbocycles. The molecule has 1 aliphatic heterocycles. The highest BCUT2D eigenvalue weighted by Gasteiger charge is 2.26. The Morgan fingerprint density at radius 2 is 1.83 bits per heavy atom. The predicted octanol–water partition coefficient (Wildman–Crippen LogP) is 1.65. The zero-order valence-corrected chi connectivity index (χ0v) is 8.51. The molecule has 0 aliphatic carbocycles. The second-order valence-corrected chi connectivity index (χ2v) is 3.88. The third-order valence-electron chi connectivity index (χ3n) is 3.21. The monoisotopic (exact) mass is 172 g/mol. The second kappa shape index (κ2) is 4.83. The van der Waals surface area contributed by atoms with Gasteiger partial charge in [0, 0.05) is 7.11 Å². The lowest BCUT2D eigenvalue weighted by molar-refractivity contribution is -0.931. The summed E-state index contributed by atoms with van der Waals surface area (Å²) < 4.78 is 6.46. The topological polar surface area (TPSA) is 9.23 Å². The van der Waals surface area contributed by atoms with Crippen LogP contribution in [0.25, 0.3) is 0 Å². The first-order valence-corrected chi connectivity index (χ1v) is 5.17. The summed E-state index contributed by atoms with van der Waals surface area (Å²) in [7, 11) is 1.80. The highest BCUT2D eigenvalue weighted by Crippen LogP contribution is 2.17. The van der Waals surface area contributed by atoms with Gasteiger partial charge in [0.2, 0.25) is 0 Å². The molecule has 72 valence electrons. The fourth-order valence-electron chi connectivity index (χ4n) is 2.17. The lowest BCUT2D eigenvalue weighted by atomic mass is 10.1. The highest BCUT2D eigenvalue weighted by atomic mass is 16.5. The van der Waals surface area contributed by atoms with Gasteiger partial charge in [0.15, 0.2) is 0 Å². The van der Waals surface area contributed by atoms with E-state index < -0.39 is 0 Å². The summed E-state index contributed by atoms with van der Waals surface area (Å²) in [5.74, 6) is 0. The van der Waals surface area contributed by atoms with Gasteiger partial charge in [0.05, 0.1) is 26.2 Å². The molecular formula is C10H22NO+. The molecule has 0 N–H and O–H groups in total. The van der Waals surface area contributed by atoms with E-state index in [0.717, 1.165) is 6.61 Å². The molecule has 0 aromatic heterocycles. The molecule has 12 heavy (non-hydrogen) atoms. The second-order valence-electron chi connectivity index (χ2n) is 3.88. The Kier molecular flexibility index (Phi) is 4.02. The Morgan fingerprint density at radius 3 is 2.33 bits per heavy atom. The molecule has 1 fully saturated rings. The molecule has 0 bridgehead atoms. The van der Waals surface area contributed by atoms with Crippen molar-refractivity contribution in [3.63, 3.8) is 0 Å². The van der Waals surface area contributed by atoms with Crippen molar-refractivity contribution in [3.8, 4) is 0 Å². The van der Waals surface area contributed by atoms with Crippen LogP contribution < -0.4 is 0 Å². The van der Waals surface area contributed by atoms with Crippen LogP contribution in [0.2, 0.25) is 0 Å². The van der Waals surface area contributed by atoms with E-state index in [9.17, 15) is 0 Å². The number of piperidine rings is 1. The van der Waals surface area contributed by atoms with Crippen LogP contribution in [0.5, 0.6) is 0 Å². The van der Waals surface area contributed by atoms with E-state index in [1.165, 1.54) is 49.9 Å². The van der Waals surface area contributed by atoms with E-state index in [2.05, 4.69) is 6.92 Å². The molecule has 1 saturated heterocycles. The maximum Gasteiger partial charge on any atom is 0.102 e. The summed E-state index contributed by atoms with van der Waals surface area (Å²) in [4.78, 5) is 0.